The Balaban J connectivity index is 2.13. The monoisotopic (exact) mass is 335 g/mol. The molecule has 1 heterocycles. The van der Waals surface area contributed by atoms with Gasteiger partial charge in [0, 0.05) is 42.4 Å². The number of halogens is 1. The molecule has 0 N–H and O–H groups in total. The van der Waals surface area contributed by atoms with Gasteiger partial charge in [0.2, 0.25) is 0 Å². The Morgan fingerprint density at radius 2 is 2.15 bits per heavy atom. The molecule has 0 saturated heterocycles. The average Bonchev–Trinajstić information content (AvgIpc) is 2.45. The first kappa shape index (κ1) is 14.5. The molecule has 104 valence electrons. The fourth-order valence-electron chi connectivity index (χ4n) is 1.91. The van der Waals surface area contributed by atoms with E-state index >= 15 is 0 Å². The Morgan fingerprint density at radius 1 is 1.35 bits per heavy atom. The molecule has 0 fully saturated rings. The number of aromatic nitrogens is 1. The van der Waals surface area contributed by atoms with E-state index in [0.29, 0.717) is 16.7 Å². The van der Waals surface area contributed by atoms with Crippen LogP contribution in [0.2, 0.25) is 0 Å². The molecule has 0 saturated carbocycles. The second-order valence-electron chi connectivity index (χ2n) is 4.38. The zero-order chi connectivity index (χ0) is 14.5. The molecule has 20 heavy (non-hydrogen) atoms. The third-order valence-electron chi connectivity index (χ3n) is 2.97. The second-order valence-corrected chi connectivity index (χ2v) is 5.30. The van der Waals surface area contributed by atoms with Crippen molar-refractivity contribution in [1.82, 2.24) is 4.98 Å². The summed E-state index contributed by atoms with van der Waals surface area (Å²) in [4.78, 5) is 16.9. The van der Waals surface area contributed by atoms with Crippen molar-refractivity contribution in [2.75, 3.05) is 18.5 Å². The Labute approximate surface area is 125 Å². The van der Waals surface area contributed by atoms with Crippen molar-refractivity contribution in [1.29, 1.82) is 0 Å². The van der Waals surface area contributed by atoms with Gasteiger partial charge in [0.25, 0.3) is 5.69 Å². The van der Waals surface area contributed by atoms with Crippen LogP contribution in [0.15, 0.2) is 47.1 Å². The van der Waals surface area contributed by atoms with Gasteiger partial charge < -0.3 is 4.90 Å². The number of hydrogen-bond donors (Lipinski definition) is 0. The van der Waals surface area contributed by atoms with Crippen molar-refractivity contribution in [3.63, 3.8) is 0 Å². The van der Waals surface area contributed by atoms with Crippen molar-refractivity contribution >= 4 is 27.3 Å². The third-order valence-corrected chi connectivity index (χ3v) is 3.47. The highest BCUT2D eigenvalue weighted by Gasteiger charge is 2.17. The van der Waals surface area contributed by atoms with E-state index in [1.807, 2.05) is 30.1 Å². The zero-order valence-corrected chi connectivity index (χ0v) is 12.6. The number of anilines is 1. The lowest BCUT2D eigenvalue weighted by atomic mass is 10.2. The number of pyridine rings is 1. The largest absolute Gasteiger partial charge is 0.369 e. The summed E-state index contributed by atoms with van der Waals surface area (Å²) < 4.78 is 0.700. The van der Waals surface area contributed by atoms with Crippen LogP contribution in [0.1, 0.15) is 5.69 Å². The molecule has 0 radical (unpaired) electrons. The maximum absolute atomic E-state index is 11.1. The lowest BCUT2D eigenvalue weighted by Crippen LogP contribution is -2.21. The van der Waals surface area contributed by atoms with Crippen LogP contribution in [0.5, 0.6) is 0 Å². The molecule has 0 atom stereocenters. The van der Waals surface area contributed by atoms with E-state index in [1.54, 1.807) is 18.3 Å². The number of nitro benzene ring substituents is 1. The van der Waals surface area contributed by atoms with Crippen molar-refractivity contribution < 1.29 is 4.92 Å². The van der Waals surface area contributed by atoms with Crippen molar-refractivity contribution in [3.05, 3.63) is 62.9 Å². The fourth-order valence-corrected chi connectivity index (χ4v) is 2.26. The van der Waals surface area contributed by atoms with Gasteiger partial charge in [-0.05, 0) is 24.3 Å². The van der Waals surface area contributed by atoms with Gasteiger partial charge in [-0.2, -0.15) is 0 Å². The summed E-state index contributed by atoms with van der Waals surface area (Å²) in [5.41, 5.74) is 1.68. The first-order valence-electron chi connectivity index (χ1n) is 6.13. The van der Waals surface area contributed by atoms with E-state index in [9.17, 15) is 10.1 Å². The molecule has 1 aromatic carbocycles. The predicted molar refractivity (Wildman–Crippen MR) is 82.0 cm³/mol. The number of nitro groups is 1. The van der Waals surface area contributed by atoms with Gasteiger partial charge in [0.1, 0.15) is 5.69 Å². The summed E-state index contributed by atoms with van der Waals surface area (Å²) in [6, 6.07) is 10.8. The smallest absolute Gasteiger partial charge is 0.293 e. The van der Waals surface area contributed by atoms with E-state index in [2.05, 4.69) is 20.9 Å². The average molecular weight is 336 g/mol. The highest BCUT2D eigenvalue weighted by molar-refractivity contribution is 9.10. The normalized spacial score (nSPS) is 10.3. The highest BCUT2D eigenvalue weighted by Crippen LogP contribution is 2.30. The number of nitrogens with zero attached hydrogens (tertiary/aromatic N) is 3. The molecular weight excluding hydrogens is 322 g/mol. The van der Waals surface area contributed by atoms with E-state index < -0.39 is 0 Å². The van der Waals surface area contributed by atoms with Gasteiger partial charge in [0.05, 0.1) is 4.92 Å². The number of benzene rings is 1. The zero-order valence-electron chi connectivity index (χ0n) is 11.0. The lowest BCUT2D eigenvalue weighted by Gasteiger charge is -2.19. The Kier molecular flexibility index (Phi) is 4.68. The molecule has 0 aliphatic rings. The van der Waals surface area contributed by atoms with Crippen molar-refractivity contribution in [2.45, 2.75) is 6.42 Å². The summed E-state index contributed by atoms with van der Waals surface area (Å²) >= 11 is 3.26. The van der Waals surface area contributed by atoms with E-state index in [1.165, 1.54) is 6.07 Å². The highest BCUT2D eigenvalue weighted by atomic mass is 79.9. The van der Waals surface area contributed by atoms with Gasteiger partial charge in [-0.15, -0.1) is 0 Å². The minimum Gasteiger partial charge on any atom is -0.369 e. The first-order chi connectivity index (χ1) is 9.58. The van der Waals surface area contributed by atoms with Crippen LogP contribution in [0.4, 0.5) is 11.4 Å². The van der Waals surface area contributed by atoms with E-state index in [-0.39, 0.29) is 10.6 Å². The standard InChI is InChI=1S/C14H14BrN3O2/c1-17(9-7-12-4-2-3-8-16-12)13-6-5-11(15)10-14(13)18(19)20/h2-6,8,10H,7,9H2,1H3. The quantitative estimate of drug-likeness (QED) is 0.620. The van der Waals surface area contributed by atoms with Gasteiger partial charge >= 0.3 is 0 Å². The summed E-state index contributed by atoms with van der Waals surface area (Å²) in [6.45, 7) is 0.666. The molecule has 1 aromatic heterocycles. The van der Waals surface area contributed by atoms with Crippen molar-refractivity contribution in [3.8, 4) is 0 Å². The molecule has 0 aliphatic carbocycles. The molecule has 5 nitrogen and oxygen atoms in total. The molecule has 2 rings (SSSR count). The molecule has 0 amide bonds. The van der Waals surface area contributed by atoms with Crippen LogP contribution in [0.25, 0.3) is 0 Å². The minimum atomic E-state index is -0.364. The number of likely N-dealkylation sites (N-methyl/N-ethyl adjacent to an activating group) is 1. The van der Waals surface area contributed by atoms with E-state index in [0.717, 1.165) is 12.1 Å². The predicted octanol–water partition coefficient (Wildman–Crippen LogP) is 3.43. The maximum Gasteiger partial charge on any atom is 0.293 e. The second kappa shape index (κ2) is 6.47. The minimum absolute atomic E-state index is 0.0999. The van der Waals surface area contributed by atoms with Gasteiger partial charge in [-0.3, -0.25) is 15.1 Å². The summed E-state index contributed by atoms with van der Waals surface area (Å²) in [7, 11) is 1.85. The number of hydrogen-bond acceptors (Lipinski definition) is 4. The van der Waals surface area contributed by atoms with Crippen molar-refractivity contribution in [2.24, 2.45) is 0 Å². The molecule has 2 aromatic rings. The molecular formula is C14H14BrN3O2. The van der Waals surface area contributed by atoms with Gasteiger partial charge in [-0.1, -0.05) is 22.0 Å². The Bertz CT molecular complexity index is 605. The Morgan fingerprint density at radius 3 is 2.80 bits per heavy atom. The van der Waals surface area contributed by atoms with Crippen LogP contribution in [0, 0.1) is 10.1 Å². The maximum atomic E-state index is 11.1. The molecule has 0 aliphatic heterocycles. The van der Waals surface area contributed by atoms with Crippen LogP contribution in [-0.4, -0.2) is 23.5 Å². The van der Waals surface area contributed by atoms with Crippen LogP contribution in [-0.2, 0) is 6.42 Å². The lowest BCUT2D eigenvalue weighted by molar-refractivity contribution is -0.384. The van der Waals surface area contributed by atoms with Crippen LogP contribution >= 0.6 is 15.9 Å². The SMILES string of the molecule is CN(CCc1ccccn1)c1ccc(Br)cc1[N+](=O)[O-]. The molecule has 0 unspecified atom stereocenters. The summed E-state index contributed by atoms with van der Waals surface area (Å²) in [5, 5.41) is 11.1. The summed E-state index contributed by atoms with van der Waals surface area (Å²) in [5.74, 6) is 0. The number of rotatable bonds is 5. The Hall–Kier alpha value is -1.95. The summed E-state index contributed by atoms with van der Waals surface area (Å²) in [6.07, 6.45) is 2.49. The van der Waals surface area contributed by atoms with Gasteiger partial charge in [0.15, 0.2) is 0 Å². The fraction of sp³-hybridized carbons (Fsp3) is 0.214. The first-order valence-corrected chi connectivity index (χ1v) is 6.92. The third kappa shape index (κ3) is 3.54. The van der Waals surface area contributed by atoms with Crippen LogP contribution < -0.4 is 4.90 Å². The van der Waals surface area contributed by atoms with Crippen LogP contribution in [0.3, 0.4) is 0 Å². The van der Waals surface area contributed by atoms with Gasteiger partial charge in [-0.25, -0.2) is 0 Å². The topological polar surface area (TPSA) is 59.3 Å². The molecule has 0 bridgehead atoms. The molecule has 0 spiro atoms. The van der Waals surface area contributed by atoms with E-state index in [4.69, 9.17) is 0 Å². The molecule has 6 heteroatoms.